The van der Waals surface area contributed by atoms with Gasteiger partial charge in [0.05, 0.1) is 65.0 Å². The fourth-order valence-electron chi connectivity index (χ4n) is 11.9. The van der Waals surface area contributed by atoms with Crippen LogP contribution in [0.25, 0.3) is 22.5 Å². The number of benzene rings is 2. The second kappa shape index (κ2) is 54.2. The first-order valence-electron chi connectivity index (χ1n) is 36.3. The van der Waals surface area contributed by atoms with E-state index < -0.39 is 0 Å². The number of hydrogen-bond acceptors (Lipinski definition) is 15. The van der Waals surface area contributed by atoms with Gasteiger partial charge in [-0.1, -0.05) is 207 Å². The van der Waals surface area contributed by atoms with Crippen molar-refractivity contribution in [3.8, 4) is 22.5 Å². The Labute approximate surface area is 584 Å². The molecule has 1 amide bonds. The number of carbonyl (C=O) groups excluding carboxylic acids is 3. The third kappa shape index (κ3) is 32.6. The summed E-state index contributed by atoms with van der Waals surface area (Å²) in [6, 6.07) is 22.7. The van der Waals surface area contributed by atoms with Crippen LogP contribution in [0.2, 0.25) is 0 Å². The van der Waals surface area contributed by atoms with E-state index in [1.165, 1.54) is 92.0 Å². The number of aromatic nitrogens is 4. The Morgan fingerprint density at radius 1 is 0.600 bits per heavy atom. The maximum atomic E-state index is 11.7. The number of thiocarbonyl (C=S) groups is 1. The molecule has 6 unspecified atom stereocenters. The van der Waals surface area contributed by atoms with Crippen molar-refractivity contribution in [3.05, 3.63) is 84.7 Å². The zero-order chi connectivity index (χ0) is 69.5. The number of rotatable bonds is 31. The van der Waals surface area contributed by atoms with E-state index in [4.69, 9.17) is 32.4 Å². The van der Waals surface area contributed by atoms with Crippen molar-refractivity contribution < 1.29 is 23.9 Å². The number of hydrogen-bond donors (Lipinski definition) is 5. The smallest absolute Gasteiger partial charge is 0.237 e. The molecule has 19 heteroatoms. The number of likely N-dealkylation sites (N-methyl/N-ethyl adjacent to an activating group) is 4. The number of nitrogens with zero attached hydrogens (tertiary/aromatic N) is 8. The Hall–Kier alpha value is -4.80. The van der Waals surface area contributed by atoms with Crippen molar-refractivity contribution in [2.45, 2.75) is 241 Å². The Balaban J connectivity index is 0.000000569. The molecule has 4 aliphatic rings. The molecule has 542 valence electrons. The molecule has 2 saturated heterocycles. The molecule has 0 saturated carbocycles. The minimum atomic E-state index is -0.00935. The SMILES string of the molecule is C.CCCC(C(=O)COC)N(C)CCC.CCCCC1C(=O)NCCN1C.CCCCC1C(=S)NCCN1C.CCCCC1NCCn2c(-c3ccccc3)cnc21.CCCCC1c2ncc(-c3ccccc3)n2CCN1C.CCCN.CCCNC(CCC)C(=O)COC. The molecule has 4 aromatic rings. The van der Waals surface area contributed by atoms with Crippen LogP contribution in [0.5, 0.6) is 0 Å². The molecule has 2 aromatic heterocycles. The lowest BCUT2D eigenvalue weighted by atomic mass is 10.1. The molecule has 95 heavy (non-hydrogen) atoms. The largest absolute Gasteiger partial charge is 0.377 e. The first-order chi connectivity index (χ1) is 45.6. The van der Waals surface area contributed by atoms with Gasteiger partial charge in [-0.2, -0.15) is 0 Å². The van der Waals surface area contributed by atoms with Gasteiger partial charge in [0.1, 0.15) is 24.9 Å². The Bertz CT molecular complexity index is 2530. The van der Waals surface area contributed by atoms with Gasteiger partial charge in [-0.15, -0.1) is 0 Å². The number of ether oxygens (including phenoxy) is 2. The number of nitrogens with two attached hydrogens (primary N) is 1. The zero-order valence-electron chi connectivity index (χ0n) is 61.6. The van der Waals surface area contributed by atoms with E-state index in [0.717, 1.165) is 141 Å². The molecule has 0 aliphatic carbocycles. The number of methoxy groups -OCH3 is 2. The predicted molar refractivity (Wildman–Crippen MR) is 404 cm³/mol. The molecule has 0 radical (unpaired) electrons. The Kier molecular flexibility index (Phi) is 50.3. The highest BCUT2D eigenvalue weighted by molar-refractivity contribution is 7.80. The van der Waals surface area contributed by atoms with Gasteiger partial charge in [0.15, 0.2) is 11.6 Å². The van der Waals surface area contributed by atoms with Gasteiger partial charge in [-0.25, -0.2) is 9.97 Å². The molecule has 0 bridgehead atoms. The van der Waals surface area contributed by atoms with Crippen molar-refractivity contribution in [3.63, 3.8) is 0 Å². The minimum Gasteiger partial charge on any atom is -0.377 e. The molecule has 2 fully saturated rings. The second-order valence-electron chi connectivity index (χ2n) is 25.4. The van der Waals surface area contributed by atoms with Crippen LogP contribution in [0, 0.1) is 0 Å². The summed E-state index contributed by atoms with van der Waals surface area (Å²) in [5.74, 6) is 3.02. The average molecular weight is 1350 g/mol. The normalized spacial score (nSPS) is 18.1. The zero-order valence-corrected chi connectivity index (χ0v) is 62.4. The first kappa shape index (κ1) is 88.2. The summed E-state index contributed by atoms with van der Waals surface area (Å²) in [7, 11) is 11.5. The maximum absolute atomic E-state index is 11.7. The quantitative estimate of drug-likeness (QED) is 0.0299. The van der Waals surface area contributed by atoms with Gasteiger partial charge >= 0.3 is 0 Å². The summed E-state index contributed by atoms with van der Waals surface area (Å²) in [6.07, 6.45) is 25.6. The van der Waals surface area contributed by atoms with Crippen LogP contribution in [0.4, 0.5) is 0 Å². The van der Waals surface area contributed by atoms with Crippen molar-refractivity contribution >= 4 is 34.7 Å². The van der Waals surface area contributed by atoms with Gasteiger partial charge in [0.25, 0.3) is 0 Å². The summed E-state index contributed by atoms with van der Waals surface area (Å²) in [5.41, 5.74) is 10.1. The first-order valence-corrected chi connectivity index (χ1v) is 36.7. The van der Waals surface area contributed by atoms with Crippen LogP contribution in [0.3, 0.4) is 0 Å². The molecular formula is C76H137N13O5S. The molecule has 6 heterocycles. The lowest BCUT2D eigenvalue weighted by molar-refractivity contribution is -0.129. The molecule has 8 rings (SSSR count). The Morgan fingerprint density at radius 2 is 1.08 bits per heavy atom. The van der Waals surface area contributed by atoms with Crippen molar-refractivity contribution in [1.29, 1.82) is 0 Å². The molecule has 2 aromatic carbocycles. The molecule has 4 aliphatic heterocycles. The molecular weight excluding hydrogens is 1210 g/mol. The van der Waals surface area contributed by atoms with E-state index in [1.54, 1.807) is 14.2 Å². The van der Waals surface area contributed by atoms with Crippen LogP contribution < -0.4 is 27.0 Å². The summed E-state index contributed by atoms with van der Waals surface area (Å²) >= 11 is 5.26. The van der Waals surface area contributed by atoms with Crippen LogP contribution in [0.15, 0.2) is 73.1 Å². The molecule has 6 atom stereocenters. The van der Waals surface area contributed by atoms with Crippen LogP contribution in [-0.4, -0.2) is 200 Å². The van der Waals surface area contributed by atoms with Crippen molar-refractivity contribution in [2.75, 3.05) is 115 Å². The molecule has 0 spiro atoms. The fourth-order valence-corrected chi connectivity index (χ4v) is 12.3. The number of carbonyl (C=O) groups is 3. The van der Waals surface area contributed by atoms with Gasteiger partial charge in [0.2, 0.25) is 5.91 Å². The minimum absolute atomic E-state index is 0. The highest BCUT2D eigenvalue weighted by Crippen LogP contribution is 2.33. The summed E-state index contributed by atoms with van der Waals surface area (Å²) in [4.78, 5) is 54.0. The highest BCUT2D eigenvalue weighted by Gasteiger charge is 2.29. The predicted octanol–water partition coefficient (Wildman–Crippen LogP) is 13.2. The number of fused-ring (bicyclic) bond motifs is 2. The number of Topliss-reactive ketones (excluding diaryl/α,β-unsaturated/α-hetero) is 2. The van der Waals surface area contributed by atoms with E-state index in [-0.39, 0.29) is 56.2 Å². The lowest BCUT2D eigenvalue weighted by Gasteiger charge is -2.34. The second-order valence-corrected chi connectivity index (χ2v) is 25.8. The van der Waals surface area contributed by atoms with Gasteiger partial charge in [-0.3, -0.25) is 34.0 Å². The standard InChI is InChI=1S/C17H23N3.C16H21N3.C11H23NO2.C10H21NO2.C9H18N2O.C9H18N2S.C3H9N.CH4/c1-3-4-10-15-17-18-13-16(14-8-6-5-7-9-14)20(17)12-11-19(15)2;1-2-3-9-14-16-18-12-15(19(16)11-10-17-14)13-7-5-4-6-8-13;1-5-7-10(11(13)9-14-4)12(3)8-6-2;1-4-6-9(11-7-5-2)10(12)8-13-3;2*1-3-4-5-8-9(12)10-6-7-11(8)2;1-2-3-4;/h5-9,13,15H,3-4,10-12H2,1-2H3;4-8,12,14,17H,2-3,9-11H2,1H3;10H,5-9H2,1-4H3;9,11H,4-8H2,1-3H3;2*8H,3-7H2,1-2H3,(H,10,12);2-4H2,1H3;1H4. The number of piperazine rings is 2. The van der Waals surface area contributed by atoms with E-state index in [2.05, 4.69) is 192 Å². The number of nitrogens with one attached hydrogen (secondary N) is 4. The maximum Gasteiger partial charge on any atom is 0.237 e. The van der Waals surface area contributed by atoms with E-state index in [1.807, 2.05) is 26.5 Å². The van der Waals surface area contributed by atoms with E-state index in [9.17, 15) is 14.4 Å². The van der Waals surface area contributed by atoms with Gasteiger partial charge in [0, 0.05) is 66.6 Å². The average Bonchev–Trinajstić information content (AvgIpc) is 1.67. The lowest BCUT2D eigenvalue weighted by Crippen LogP contribution is -2.53. The fraction of sp³-hybridized carbons (Fsp3) is 0.711. The van der Waals surface area contributed by atoms with Crippen LogP contribution in [0.1, 0.15) is 215 Å². The monoisotopic (exact) mass is 1340 g/mol. The number of imidazole rings is 2. The number of amides is 1. The summed E-state index contributed by atoms with van der Waals surface area (Å²) < 4.78 is 14.5. The van der Waals surface area contributed by atoms with Crippen LogP contribution >= 0.6 is 12.2 Å². The number of unbranched alkanes of at least 4 members (excludes halogenated alkanes) is 4. The van der Waals surface area contributed by atoms with Gasteiger partial charge in [-0.05, 0) is 117 Å². The van der Waals surface area contributed by atoms with Crippen LogP contribution in [-0.2, 0) is 36.9 Å². The van der Waals surface area contributed by atoms with E-state index >= 15 is 0 Å². The highest BCUT2D eigenvalue weighted by atomic mass is 32.1. The van der Waals surface area contributed by atoms with E-state index in [0.29, 0.717) is 18.1 Å². The summed E-state index contributed by atoms with van der Waals surface area (Å²) in [6.45, 7) is 30.6. The van der Waals surface area contributed by atoms with Gasteiger partial charge < -0.3 is 45.6 Å². The van der Waals surface area contributed by atoms with Crippen molar-refractivity contribution in [2.24, 2.45) is 5.73 Å². The third-order valence-electron chi connectivity index (χ3n) is 17.5. The third-order valence-corrected chi connectivity index (χ3v) is 17.9. The summed E-state index contributed by atoms with van der Waals surface area (Å²) in [5, 5.41) is 13.0. The van der Waals surface area contributed by atoms with Crippen molar-refractivity contribution in [1.82, 2.24) is 60.0 Å². The Morgan fingerprint density at radius 3 is 1.58 bits per heavy atom. The topological polar surface area (TPSA) is 192 Å². The molecule has 18 nitrogen and oxygen atoms in total. The molecule has 6 N–H and O–H groups in total. The number of ketones is 2.